The van der Waals surface area contributed by atoms with Crippen molar-refractivity contribution in [1.29, 1.82) is 0 Å². The molecule has 1 atom stereocenters. The summed E-state index contributed by atoms with van der Waals surface area (Å²) in [6.45, 7) is 5.46. The first-order valence-corrected chi connectivity index (χ1v) is 7.18. The van der Waals surface area contributed by atoms with Crippen molar-refractivity contribution < 1.29 is 9.47 Å². The van der Waals surface area contributed by atoms with Gasteiger partial charge in [-0.15, -0.1) is 0 Å². The van der Waals surface area contributed by atoms with Crippen LogP contribution < -0.4 is 14.8 Å². The monoisotopic (exact) mass is 286 g/mol. The van der Waals surface area contributed by atoms with Gasteiger partial charge in [0.05, 0.1) is 13.7 Å². The molecule has 0 bridgehead atoms. The zero-order chi connectivity index (χ0) is 15.1. The Morgan fingerprint density at radius 1 is 1.24 bits per heavy atom. The third kappa shape index (κ3) is 4.20. The molecule has 0 saturated carbocycles. The fourth-order valence-electron chi connectivity index (χ4n) is 2.19. The molecule has 4 nitrogen and oxygen atoms in total. The van der Waals surface area contributed by atoms with E-state index in [4.69, 9.17) is 9.47 Å². The van der Waals surface area contributed by atoms with Gasteiger partial charge in [-0.25, -0.2) is 4.98 Å². The fourth-order valence-corrected chi connectivity index (χ4v) is 2.19. The summed E-state index contributed by atoms with van der Waals surface area (Å²) in [5, 5.41) is 3.50. The molecule has 0 fully saturated rings. The van der Waals surface area contributed by atoms with Crippen molar-refractivity contribution in [2.24, 2.45) is 0 Å². The quantitative estimate of drug-likeness (QED) is 0.847. The molecular weight excluding hydrogens is 264 g/mol. The summed E-state index contributed by atoms with van der Waals surface area (Å²) >= 11 is 0. The van der Waals surface area contributed by atoms with E-state index in [-0.39, 0.29) is 6.04 Å². The Hall–Kier alpha value is -2.07. The molecule has 0 aliphatic heterocycles. The predicted octanol–water partition coefficient (Wildman–Crippen LogP) is 3.34. The van der Waals surface area contributed by atoms with Crippen LogP contribution in [-0.4, -0.2) is 18.7 Å². The van der Waals surface area contributed by atoms with Crippen molar-refractivity contribution in [2.75, 3.05) is 13.7 Å². The van der Waals surface area contributed by atoms with E-state index in [1.54, 1.807) is 13.3 Å². The van der Waals surface area contributed by atoms with E-state index in [9.17, 15) is 0 Å². The van der Waals surface area contributed by atoms with Crippen molar-refractivity contribution in [3.8, 4) is 11.6 Å². The van der Waals surface area contributed by atoms with E-state index < -0.39 is 0 Å². The average molecular weight is 286 g/mol. The molecule has 1 aromatic carbocycles. The Balaban J connectivity index is 2.00. The fraction of sp³-hybridized carbons (Fsp3) is 0.353. The maximum Gasteiger partial charge on any atom is 0.213 e. The topological polar surface area (TPSA) is 43.4 Å². The van der Waals surface area contributed by atoms with Crippen molar-refractivity contribution in [3.63, 3.8) is 0 Å². The summed E-state index contributed by atoms with van der Waals surface area (Å²) in [6, 6.07) is 12.2. The first kappa shape index (κ1) is 15.3. The van der Waals surface area contributed by atoms with Crippen molar-refractivity contribution in [1.82, 2.24) is 10.3 Å². The van der Waals surface area contributed by atoms with Gasteiger partial charge >= 0.3 is 0 Å². The first-order valence-electron chi connectivity index (χ1n) is 7.18. The Kier molecular flexibility index (Phi) is 5.58. The lowest BCUT2D eigenvalue weighted by Gasteiger charge is -2.17. The number of benzene rings is 1. The van der Waals surface area contributed by atoms with Crippen LogP contribution in [0.1, 0.15) is 31.0 Å². The van der Waals surface area contributed by atoms with Crippen molar-refractivity contribution in [2.45, 2.75) is 26.4 Å². The summed E-state index contributed by atoms with van der Waals surface area (Å²) in [4.78, 5) is 4.17. The molecule has 112 valence electrons. The van der Waals surface area contributed by atoms with E-state index in [0.29, 0.717) is 12.5 Å². The summed E-state index contributed by atoms with van der Waals surface area (Å²) in [5.41, 5.74) is 2.30. The van der Waals surface area contributed by atoms with Gasteiger partial charge in [-0.2, -0.15) is 0 Å². The number of aromatic nitrogens is 1. The highest BCUT2D eigenvalue weighted by Gasteiger charge is 2.10. The average Bonchev–Trinajstić information content (AvgIpc) is 2.53. The van der Waals surface area contributed by atoms with Crippen LogP contribution in [0.2, 0.25) is 0 Å². The van der Waals surface area contributed by atoms with Crippen molar-refractivity contribution >= 4 is 0 Å². The Bertz CT molecular complexity index is 572. The van der Waals surface area contributed by atoms with Gasteiger partial charge in [0, 0.05) is 30.4 Å². The Morgan fingerprint density at radius 2 is 2.05 bits per heavy atom. The first-order chi connectivity index (χ1) is 10.2. The van der Waals surface area contributed by atoms with Crippen molar-refractivity contribution in [3.05, 3.63) is 53.7 Å². The smallest absolute Gasteiger partial charge is 0.213 e. The summed E-state index contributed by atoms with van der Waals surface area (Å²) in [7, 11) is 1.70. The third-order valence-corrected chi connectivity index (χ3v) is 3.31. The van der Waals surface area contributed by atoms with Gasteiger partial charge in [-0.1, -0.05) is 18.2 Å². The molecule has 4 heteroatoms. The molecule has 0 amide bonds. The maximum absolute atomic E-state index is 5.42. The molecule has 1 heterocycles. The van der Waals surface area contributed by atoms with E-state index >= 15 is 0 Å². The minimum Gasteiger partial charge on any atom is -0.496 e. The summed E-state index contributed by atoms with van der Waals surface area (Å²) in [6.07, 6.45) is 1.77. The highest BCUT2D eigenvalue weighted by Crippen LogP contribution is 2.24. The van der Waals surface area contributed by atoms with Crippen LogP contribution >= 0.6 is 0 Å². The van der Waals surface area contributed by atoms with Gasteiger partial charge in [0.1, 0.15) is 5.75 Å². The zero-order valence-electron chi connectivity index (χ0n) is 12.8. The largest absolute Gasteiger partial charge is 0.496 e. The predicted molar refractivity (Wildman–Crippen MR) is 83.7 cm³/mol. The zero-order valence-corrected chi connectivity index (χ0v) is 12.8. The second-order valence-corrected chi connectivity index (χ2v) is 4.78. The van der Waals surface area contributed by atoms with Gasteiger partial charge in [0.15, 0.2) is 0 Å². The maximum atomic E-state index is 5.42. The van der Waals surface area contributed by atoms with Gasteiger partial charge < -0.3 is 14.8 Å². The minimum atomic E-state index is 0.199. The van der Waals surface area contributed by atoms with Crippen LogP contribution in [-0.2, 0) is 6.54 Å². The second-order valence-electron chi connectivity index (χ2n) is 4.78. The highest BCUT2D eigenvalue weighted by atomic mass is 16.5. The number of methoxy groups -OCH3 is 1. The SMILES string of the molecule is CCOc1cc(CN[C@@H](C)c2ccccc2OC)ccn1. The number of hydrogen-bond acceptors (Lipinski definition) is 4. The standard InChI is InChI=1S/C17H22N2O2/c1-4-21-17-11-14(9-10-18-17)12-19-13(2)15-7-5-6-8-16(15)20-3/h5-11,13,19H,4,12H2,1-3H3/t13-/m0/s1. The molecule has 1 N–H and O–H groups in total. The van der Waals surface area contributed by atoms with E-state index in [2.05, 4.69) is 23.3 Å². The van der Waals surface area contributed by atoms with Crippen LogP contribution in [0.3, 0.4) is 0 Å². The third-order valence-electron chi connectivity index (χ3n) is 3.31. The number of ether oxygens (including phenoxy) is 2. The van der Waals surface area contributed by atoms with Crippen LogP contribution in [0.15, 0.2) is 42.6 Å². The lowest BCUT2D eigenvalue weighted by Crippen LogP contribution is -2.18. The lowest BCUT2D eigenvalue weighted by atomic mass is 10.1. The molecule has 0 radical (unpaired) electrons. The molecule has 0 aliphatic carbocycles. The lowest BCUT2D eigenvalue weighted by molar-refractivity contribution is 0.326. The normalized spacial score (nSPS) is 12.0. The summed E-state index contributed by atoms with van der Waals surface area (Å²) in [5.74, 6) is 1.57. The molecule has 0 saturated heterocycles. The van der Waals surface area contributed by atoms with Gasteiger partial charge in [-0.05, 0) is 31.5 Å². The summed E-state index contributed by atoms with van der Waals surface area (Å²) < 4.78 is 10.8. The Labute approximate surface area is 126 Å². The number of rotatable bonds is 7. The molecular formula is C17H22N2O2. The number of hydrogen-bond donors (Lipinski definition) is 1. The van der Waals surface area contributed by atoms with Gasteiger partial charge in [-0.3, -0.25) is 0 Å². The van der Waals surface area contributed by atoms with Gasteiger partial charge in [0.2, 0.25) is 5.88 Å². The molecule has 2 aromatic rings. The van der Waals surface area contributed by atoms with Crippen LogP contribution in [0.4, 0.5) is 0 Å². The Morgan fingerprint density at radius 3 is 2.81 bits per heavy atom. The van der Waals surface area contributed by atoms with Crippen LogP contribution in [0, 0.1) is 0 Å². The molecule has 0 unspecified atom stereocenters. The molecule has 0 spiro atoms. The molecule has 21 heavy (non-hydrogen) atoms. The molecule has 2 rings (SSSR count). The number of nitrogens with zero attached hydrogens (tertiary/aromatic N) is 1. The minimum absolute atomic E-state index is 0.199. The van der Waals surface area contributed by atoms with E-state index in [1.807, 2.05) is 37.3 Å². The molecule has 0 aliphatic rings. The molecule has 1 aromatic heterocycles. The van der Waals surface area contributed by atoms with E-state index in [1.165, 1.54) is 0 Å². The van der Waals surface area contributed by atoms with Crippen LogP contribution in [0.5, 0.6) is 11.6 Å². The van der Waals surface area contributed by atoms with Gasteiger partial charge in [0.25, 0.3) is 0 Å². The number of pyridine rings is 1. The number of nitrogens with one attached hydrogen (secondary N) is 1. The van der Waals surface area contributed by atoms with Crippen LogP contribution in [0.25, 0.3) is 0 Å². The second kappa shape index (κ2) is 7.64. The highest BCUT2D eigenvalue weighted by molar-refractivity contribution is 5.35. The number of para-hydroxylation sites is 1. The van der Waals surface area contributed by atoms with E-state index in [0.717, 1.165) is 23.4 Å².